The molecule has 0 radical (unpaired) electrons. The summed E-state index contributed by atoms with van der Waals surface area (Å²) in [7, 11) is 1.60. The SMILES string of the molecule is CCCN1C(=O)/C(=C\c2cc(Cl)cc(Br)c2OC)c2ccccc21. The van der Waals surface area contributed by atoms with E-state index >= 15 is 0 Å². The highest BCUT2D eigenvalue weighted by atomic mass is 79.9. The van der Waals surface area contributed by atoms with Crippen molar-refractivity contribution >= 4 is 50.8 Å². The first-order chi connectivity index (χ1) is 11.6. The van der Waals surface area contributed by atoms with Gasteiger partial charge in [-0.25, -0.2) is 0 Å². The van der Waals surface area contributed by atoms with Crippen LogP contribution in [-0.4, -0.2) is 19.6 Å². The van der Waals surface area contributed by atoms with Crippen molar-refractivity contribution < 1.29 is 9.53 Å². The van der Waals surface area contributed by atoms with E-state index in [9.17, 15) is 4.79 Å². The van der Waals surface area contributed by atoms with E-state index in [4.69, 9.17) is 16.3 Å². The molecule has 0 N–H and O–H groups in total. The topological polar surface area (TPSA) is 29.5 Å². The van der Waals surface area contributed by atoms with Gasteiger partial charge in [-0.05, 0) is 46.6 Å². The Morgan fingerprint density at radius 3 is 2.75 bits per heavy atom. The first kappa shape index (κ1) is 17.1. The minimum atomic E-state index is 0.0104. The first-order valence-electron chi connectivity index (χ1n) is 7.72. The van der Waals surface area contributed by atoms with Crippen molar-refractivity contribution in [3.05, 3.63) is 57.0 Å². The van der Waals surface area contributed by atoms with E-state index in [-0.39, 0.29) is 5.91 Å². The first-order valence-corrected chi connectivity index (χ1v) is 8.90. The van der Waals surface area contributed by atoms with Gasteiger partial charge in [-0.2, -0.15) is 0 Å². The summed E-state index contributed by atoms with van der Waals surface area (Å²) >= 11 is 9.63. The minimum absolute atomic E-state index is 0.0104. The van der Waals surface area contributed by atoms with E-state index in [0.29, 0.717) is 22.9 Å². The molecule has 1 heterocycles. The predicted octanol–water partition coefficient (Wildman–Crippen LogP) is 5.41. The molecule has 2 aromatic rings. The third-order valence-electron chi connectivity index (χ3n) is 3.95. The van der Waals surface area contributed by atoms with Crippen molar-refractivity contribution in [3.8, 4) is 5.75 Å². The third kappa shape index (κ3) is 2.96. The molecule has 5 heteroatoms. The molecule has 0 aliphatic carbocycles. The molecule has 1 aliphatic rings. The van der Waals surface area contributed by atoms with E-state index in [1.54, 1.807) is 19.2 Å². The zero-order chi connectivity index (χ0) is 17.3. The van der Waals surface area contributed by atoms with E-state index < -0.39 is 0 Å². The van der Waals surface area contributed by atoms with Gasteiger partial charge in [0.05, 0.1) is 17.3 Å². The Labute approximate surface area is 155 Å². The predicted molar refractivity (Wildman–Crippen MR) is 103 cm³/mol. The molecule has 0 saturated heterocycles. The normalized spacial score (nSPS) is 15.1. The largest absolute Gasteiger partial charge is 0.495 e. The molecule has 2 aromatic carbocycles. The number of carbonyl (C=O) groups excluding carboxylic acids is 1. The number of rotatable bonds is 4. The van der Waals surface area contributed by atoms with Gasteiger partial charge in [0.25, 0.3) is 5.91 Å². The average Bonchev–Trinajstić information content (AvgIpc) is 2.81. The number of halogens is 2. The van der Waals surface area contributed by atoms with Crippen molar-refractivity contribution in [3.63, 3.8) is 0 Å². The highest BCUT2D eigenvalue weighted by Gasteiger charge is 2.31. The van der Waals surface area contributed by atoms with Gasteiger partial charge in [-0.1, -0.05) is 36.7 Å². The Kier molecular flexibility index (Phi) is 4.97. The quantitative estimate of drug-likeness (QED) is 0.636. The molecule has 24 heavy (non-hydrogen) atoms. The number of ether oxygens (including phenoxy) is 1. The van der Waals surface area contributed by atoms with Crippen LogP contribution in [0.1, 0.15) is 24.5 Å². The lowest BCUT2D eigenvalue weighted by atomic mass is 10.0. The number of amides is 1. The van der Waals surface area contributed by atoms with Gasteiger partial charge in [0.2, 0.25) is 0 Å². The average molecular weight is 407 g/mol. The van der Waals surface area contributed by atoms with Gasteiger partial charge in [0, 0.05) is 28.3 Å². The van der Waals surface area contributed by atoms with Crippen LogP contribution in [0.4, 0.5) is 5.69 Å². The summed E-state index contributed by atoms with van der Waals surface area (Å²) in [6.45, 7) is 2.76. The molecule has 0 spiro atoms. The standard InChI is InChI=1S/C19H17BrClNO2/c1-3-8-22-17-7-5-4-6-14(17)15(19(22)23)10-12-9-13(21)11-16(20)18(12)24-2/h4-7,9-11H,3,8H2,1-2H3/b15-10-. The van der Waals surface area contributed by atoms with Gasteiger partial charge in [-0.15, -0.1) is 0 Å². The number of methoxy groups -OCH3 is 1. The molecule has 0 aromatic heterocycles. The molecule has 0 fully saturated rings. The van der Waals surface area contributed by atoms with Gasteiger partial charge in [0.1, 0.15) is 5.75 Å². The molecule has 0 bridgehead atoms. The maximum absolute atomic E-state index is 12.9. The number of hydrogen-bond acceptors (Lipinski definition) is 2. The summed E-state index contributed by atoms with van der Waals surface area (Å²) in [5.74, 6) is 0.669. The van der Waals surface area contributed by atoms with Crippen LogP contribution in [0.15, 0.2) is 40.9 Å². The molecule has 3 nitrogen and oxygen atoms in total. The summed E-state index contributed by atoms with van der Waals surface area (Å²) in [6.07, 6.45) is 2.76. The molecule has 0 unspecified atom stereocenters. The van der Waals surface area contributed by atoms with Crippen LogP contribution in [0.2, 0.25) is 5.02 Å². The van der Waals surface area contributed by atoms with Gasteiger partial charge in [-0.3, -0.25) is 4.79 Å². The zero-order valence-electron chi connectivity index (χ0n) is 13.5. The lowest BCUT2D eigenvalue weighted by Gasteiger charge is -2.15. The fourth-order valence-corrected chi connectivity index (χ4v) is 3.95. The van der Waals surface area contributed by atoms with Crippen LogP contribution in [0.25, 0.3) is 11.6 Å². The van der Waals surface area contributed by atoms with Crippen LogP contribution in [0.3, 0.4) is 0 Å². The van der Waals surface area contributed by atoms with Crippen LogP contribution < -0.4 is 9.64 Å². The fourth-order valence-electron chi connectivity index (χ4n) is 2.95. The maximum Gasteiger partial charge on any atom is 0.258 e. The summed E-state index contributed by atoms with van der Waals surface area (Å²) < 4.78 is 6.22. The lowest BCUT2D eigenvalue weighted by molar-refractivity contribution is -0.113. The Morgan fingerprint density at radius 2 is 2.04 bits per heavy atom. The molecule has 3 rings (SSSR count). The summed E-state index contributed by atoms with van der Waals surface area (Å²) in [4.78, 5) is 14.7. The van der Waals surface area contributed by atoms with Crippen LogP contribution in [0.5, 0.6) is 5.75 Å². The van der Waals surface area contributed by atoms with Crippen molar-refractivity contribution in [1.82, 2.24) is 0 Å². The zero-order valence-corrected chi connectivity index (χ0v) is 15.8. The van der Waals surface area contributed by atoms with E-state index in [1.807, 2.05) is 35.2 Å². The number of benzene rings is 2. The van der Waals surface area contributed by atoms with Crippen LogP contribution >= 0.6 is 27.5 Å². The smallest absolute Gasteiger partial charge is 0.258 e. The number of para-hydroxylation sites is 1. The van der Waals surface area contributed by atoms with Crippen molar-refractivity contribution in [2.75, 3.05) is 18.6 Å². The second-order valence-electron chi connectivity index (χ2n) is 5.54. The number of hydrogen-bond donors (Lipinski definition) is 0. The summed E-state index contributed by atoms with van der Waals surface area (Å²) in [6, 6.07) is 11.4. The van der Waals surface area contributed by atoms with Crippen LogP contribution in [-0.2, 0) is 4.79 Å². The minimum Gasteiger partial charge on any atom is -0.495 e. The Balaban J connectivity index is 2.16. The molecular formula is C19H17BrClNO2. The number of nitrogens with zero attached hydrogens (tertiary/aromatic N) is 1. The van der Waals surface area contributed by atoms with Gasteiger partial charge < -0.3 is 9.64 Å². The highest BCUT2D eigenvalue weighted by Crippen LogP contribution is 2.40. The third-order valence-corrected chi connectivity index (χ3v) is 4.76. The molecule has 1 amide bonds. The summed E-state index contributed by atoms with van der Waals surface area (Å²) in [5, 5.41) is 0.582. The summed E-state index contributed by atoms with van der Waals surface area (Å²) in [5.41, 5.74) is 3.32. The van der Waals surface area contributed by atoms with Gasteiger partial charge in [0.15, 0.2) is 0 Å². The number of anilines is 1. The lowest BCUT2D eigenvalue weighted by Crippen LogP contribution is -2.26. The highest BCUT2D eigenvalue weighted by molar-refractivity contribution is 9.10. The van der Waals surface area contributed by atoms with E-state index in [2.05, 4.69) is 22.9 Å². The Morgan fingerprint density at radius 1 is 1.29 bits per heavy atom. The van der Waals surface area contributed by atoms with Crippen LogP contribution in [0, 0.1) is 0 Å². The van der Waals surface area contributed by atoms with E-state index in [0.717, 1.165) is 27.7 Å². The number of fused-ring (bicyclic) bond motifs is 1. The molecular weight excluding hydrogens is 390 g/mol. The molecule has 0 saturated carbocycles. The molecule has 124 valence electrons. The monoisotopic (exact) mass is 405 g/mol. The molecule has 0 atom stereocenters. The number of carbonyl (C=O) groups is 1. The Bertz CT molecular complexity index is 832. The molecule has 1 aliphatic heterocycles. The van der Waals surface area contributed by atoms with E-state index in [1.165, 1.54) is 0 Å². The maximum atomic E-state index is 12.9. The fraction of sp³-hybridized carbons (Fsp3) is 0.211. The second-order valence-corrected chi connectivity index (χ2v) is 6.83. The second kappa shape index (κ2) is 6.99. The van der Waals surface area contributed by atoms with Crippen molar-refractivity contribution in [1.29, 1.82) is 0 Å². The Hall–Kier alpha value is -1.78. The van der Waals surface area contributed by atoms with Crippen molar-refractivity contribution in [2.45, 2.75) is 13.3 Å². The van der Waals surface area contributed by atoms with Crippen molar-refractivity contribution in [2.24, 2.45) is 0 Å². The van der Waals surface area contributed by atoms with Gasteiger partial charge >= 0.3 is 0 Å².